The quantitative estimate of drug-likeness (QED) is 0.363. The SMILES string of the molecule is O=C(O)[C@H]1CN(C(=O)O)C[C@@H]1C(Cl)=NO. The average Bonchev–Trinajstić information content (AvgIpc) is 2.61. The van der Waals surface area contributed by atoms with Crippen molar-refractivity contribution in [2.24, 2.45) is 17.0 Å². The van der Waals surface area contributed by atoms with E-state index in [4.69, 9.17) is 27.0 Å². The molecule has 0 aliphatic carbocycles. The van der Waals surface area contributed by atoms with E-state index in [0.717, 1.165) is 4.90 Å². The molecular formula is C7H9ClN2O5. The minimum absolute atomic E-state index is 0.0742. The third kappa shape index (κ3) is 2.30. The Morgan fingerprint density at radius 3 is 2.20 bits per heavy atom. The molecule has 0 spiro atoms. The van der Waals surface area contributed by atoms with Gasteiger partial charge in [-0.2, -0.15) is 0 Å². The zero-order chi connectivity index (χ0) is 11.6. The number of carbonyl (C=O) groups is 2. The Kier molecular flexibility index (Phi) is 3.35. The molecule has 1 heterocycles. The van der Waals surface area contributed by atoms with Gasteiger partial charge >= 0.3 is 12.1 Å². The molecule has 0 aromatic rings. The Hall–Kier alpha value is -1.50. The van der Waals surface area contributed by atoms with Crippen LogP contribution >= 0.6 is 11.6 Å². The fraction of sp³-hybridized carbons (Fsp3) is 0.571. The first-order valence-corrected chi connectivity index (χ1v) is 4.43. The third-order valence-corrected chi connectivity index (χ3v) is 2.66. The standard InChI is InChI=1S/C7H9ClN2O5/c8-5(9-15)3-1-10(7(13)14)2-4(3)6(11)12/h3-4,15H,1-2H2,(H,11,12)(H,13,14)/t3-,4-/m0/s1. The van der Waals surface area contributed by atoms with Gasteiger partial charge in [0.05, 0.1) is 5.92 Å². The maximum Gasteiger partial charge on any atom is 0.407 e. The molecule has 0 radical (unpaired) electrons. The van der Waals surface area contributed by atoms with E-state index in [1.807, 2.05) is 0 Å². The first kappa shape index (κ1) is 11.6. The highest BCUT2D eigenvalue weighted by molar-refractivity contribution is 6.66. The summed E-state index contributed by atoms with van der Waals surface area (Å²) in [5.41, 5.74) is 0. The summed E-state index contributed by atoms with van der Waals surface area (Å²) < 4.78 is 0. The molecule has 1 fully saturated rings. The van der Waals surface area contributed by atoms with E-state index >= 15 is 0 Å². The Balaban J connectivity index is 2.86. The van der Waals surface area contributed by atoms with Crippen LogP contribution < -0.4 is 0 Å². The lowest BCUT2D eigenvalue weighted by Gasteiger charge is -2.10. The summed E-state index contributed by atoms with van der Waals surface area (Å²) in [5, 5.41) is 28.3. The molecular weight excluding hydrogens is 228 g/mol. The van der Waals surface area contributed by atoms with Crippen molar-refractivity contribution >= 4 is 28.8 Å². The van der Waals surface area contributed by atoms with Crippen molar-refractivity contribution in [2.75, 3.05) is 13.1 Å². The molecule has 8 heteroatoms. The highest BCUT2D eigenvalue weighted by atomic mass is 35.5. The van der Waals surface area contributed by atoms with E-state index in [2.05, 4.69) is 5.16 Å². The number of hydrogen-bond donors (Lipinski definition) is 3. The zero-order valence-electron chi connectivity index (χ0n) is 7.50. The van der Waals surface area contributed by atoms with Crippen molar-refractivity contribution in [3.8, 4) is 0 Å². The van der Waals surface area contributed by atoms with Crippen molar-refractivity contribution in [2.45, 2.75) is 0 Å². The number of carboxylic acids is 1. The molecule has 1 amide bonds. The molecule has 0 bridgehead atoms. The second kappa shape index (κ2) is 4.35. The fourth-order valence-corrected chi connectivity index (χ4v) is 1.75. The molecule has 0 unspecified atom stereocenters. The van der Waals surface area contributed by atoms with Gasteiger partial charge in [0.15, 0.2) is 5.17 Å². The lowest BCUT2D eigenvalue weighted by molar-refractivity contribution is -0.141. The molecule has 3 N–H and O–H groups in total. The molecule has 2 atom stereocenters. The van der Waals surface area contributed by atoms with Gasteiger partial charge in [0, 0.05) is 19.0 Å². The van der Waals surface area contributed by atoms with Crippen LogP contribution in [0.2, 0.25) is 0 Å². The largest absolute Gasteiger partial charge is 0.481 e. The highest BCUT2D eigenvalue weighted by Crippen LogP contribution is 2.26. The van der Waals surface area contributed by atoms with E-state index in [1.165, 1.54) is 0 Å². The van der Waals surface area contributed by atoms with Gasteiger partial charge in [0.1, 0.15) is 0 Å². The van der Waals surface area contributed by atoms with Crippen LogP contribution in [0, 0.1) is 11.8 Å². The fourth-order valence-electron chi connectivity index (χ4n) is 1.53. The second-order valence-corrected chi connectivity index (χ2v) is 3.55. The van der Waals surface area contributed by atoms with Crippen LogP contribution in [0.3, 0.4) is 0 Å². The normalized spacial score (nSPS) is 26.7. The predicted octanol–water partition coefficient (Wildman–Crippen LogP) is 0.324. The average molecular weight is 237 g/mol. The number of hydrogen-bond acceptors (Lipinski definition) is 4. The first-order chi connectivity index (χ1) is 6.97. The van der Waals surface area contributed by atoms with Gasteiger partial charge in [0.2, 0.25) is 0 Å². The maximum atomic E-state index is 10.8. The van der Waals surface area contributed by atoms with Crippen LogP contribution in [-0.2, 0) is 4.79 Å². The van der Waals surface area contributed by atoms with Gasteiger partial charge in [-0.15, -0.1) is 0 Å². The van der Waals surface area contributed by atoms with Gasteiger partial charge in [-0.05, 0) is 0 Å². The Labute approximate surface area is 89.5 Å². The number of oxime groups is 1. The lowest BCUT2D eigenvalue weighted by atomic mass is 9.97. The van der Waals surface area contributed by atoms with E-state index in [0.29, 0.717) is 0 Å². The highest BCUT2D eigenvalue weighted by Gasteiger charge is 2.42. The second-order valence-electron chi connectivity index (χ2n) is 3.16. The molecule has 84 valence electrons. The molecule has 0 aromatic heterocycles. The topological polar surface area (TPSA) is 110 Å². The van der Waals surface area contributed by atoms with Crippen molar-refractivity contribution < 1.29 is 25.0 Å². The molecule has 7 nitrogen and oxygen atoms in total. The third-order valence-electron chi connectivity index (χ3n) is 2.31. The molecule has 0 saturated carbocycles. The van der Waals surface area contributed by atoms with Gasteiger partial charge in [-0.3, -0.25) is 4.79 Å². The summed E-state index contributed by atoms with van der Waals surface area (Å²) in [4.78, 5) is 22.3. The lowest BCUT2D eigenvalue weighted by Crippen LogP contribution is -2.28. The van der Waals surface area contributed by atoms with Crippen LogP contribution in [0.1, 0.15) is 0 Å². The van der Waals surface area contributed by atoms with Crippen LogP contribution in [0.15, 0.2) is 5.16 Å². The summed E-state index contributed by atoms with van der Waals surface area (Å²) in [6.07, 6.45) is -1.22. The Morgan fingerprint density at radius 2 is 1.80 bits per heavy atom. The van der Waals surface area contributed by atoms with Gasteiger partial charge in [-0.25, -0.2) is 4.79 Å². The van der Waals surface area contributed by atoms with Crippen LogP contribution in [0.4, 0.5) is 4.79 Å². The van der Waals surface area contributed by atoms with E-state index in [9.17, 15) is 9.59 Å². The smallest absolute Gasteiger partial charge is 0.407 e. The predicted molar refractivity (Wildman–Crippen MR) is 49.3 cm³/mol. The number of nitrogens with zero attached hydrogens (tertiary/aromatic N) is 2. The van der Waals surface area contributed by atoms with Crippen molar-refractivity contribution in [3.63, 3.8) is 0 Å². The summed E-state index contributed by atoms with van der Waals surface area (Å²) in [6.45, 7) is -0.226. The van der Waals surface area contributed by atoms with Crippen molar-refractivity contribution in [1.29, 1.82) is 0 Å². The molecule has 0 aromatic carbocycles. The Bertz CT molecular complexity index is 319. The number of amides is 1. The molecule has 1 rings (SSSR count). The molecule has 15 heavy (non-hydrogen) atoms. The number of likely N-dealkylation sites (tertiary alicyclic amines) is 1. The van der Waals surface area contributed by atoms with E-state index in [-0.39, 0.29) is 18.3 Å². The van der Waals surface area contributed by atoms with Crippen LogP contribution in [0.25, 0.3) is 0 Å². The number of halogens is 1. The summed E-state index contributed by atoms with van der Waals surface area (Å²) >= 11 is 5.50. The van der Waals surface area contributed by atoms with Crippen LogP contribution in [-0.4, -0.2) is 50.6 Å². The molecule has 1 aliphatic heterocycles. The minimum atomic E-state index is -1.22. The zero-order valence-corrected chi connectivity index (χ0v) is 8.26. The van der Waals surface area contributed by atoms with E-state index < -0.39 is 23.9 Å². The van der Waals surface area contributed by atoms with Crippen molar-refractivity contribution in [1.82, 2.24) is 4.90 Å². The van der Waals surface area contributed by atoms with E-state index in [1.54, 1.807) is 0 Å². The minimum Gasteiger partial charge on any atom is -0.481 e. The number of rotatable bonds is 2. The number of carboxylic acid groups (broad SMARTS) is 2. The molecule has 1 saturated heterocycles. The van der Waals surface area contributed by atoms with Crippen molar-refractivity contribution in [3.05, 3.63) is 0 Å². The molecule has 1 aliphatic rings. The van der Waals surface area contributed by atoms with Gasteiger partial charge in [-0.1, -0.05) is 16.8 Å². The van der Waals surface area contributed by atoms with Gasteiger partial charge in [0.25, 0.3) is 0 Å². The van der Waals surface area contributed by atoms with Gasteiger partial charge < -0.3 is 20.3 Å². The first-order valence-electron chi connectivity index (χ1n) is 4.05. The summed E-state index contributed by atoms with van der Waals surface area (Å²) in [5.74, 6) is -2.92. The number of aliphatic carboxylic acids is 1. The maximum absolute atomic E-state index is 10.8. The monoisotopic (exact) mass is 236 g/mol. The van der Waals surface area contributed by atoms with Crippen LogP contribution in [0.5, 0.6) is 0 Å². The Morgan fingerprint density at radius 1 is 1.27 bits per heavy atom. The summed E-state index contributed by atoms with van der Waals surface area (Å²) in [6, 6.07) is 0. The summed E-state index contributed by atoms with van der Waals surface area (Å²) in [7, 11) is 0.